The highest BCUT2D eigenvalue weighted by Crippen LogP contribution is 2.25. The number of aromatic nitrogens is 4. The maximum absolute atomic E-state index is 6.20. The molecule has 0 amide bonds. The van der Waals surface area contributed by atoms with Gasteiger partial charge in [0.05, 0.1) is 17.6 Å². The smallest absolute Gasteiger partial charge is 0.150 e. The summed E-state index contributed by atoms with van der Waals surface area (Å²) in [4.78, 5) is 10.2. The van der Waals surface area contributed by atoms with Gasteiger partial charge < -0.3 is 4.90 Å². The van der Waals surface area contributed by atoms with Crippen LogP contribution in [0.5, 0.6) is 0 Å². The Morgan fingerprint density at radius 2 is 1.92 bits per heavy atom. The fraction of sp³-hybridized carbons (Fsp3) is 0.278. The van der Waals surface area contributed by atoms with Gasteiger partial charge in [0.1, 0.15) is 11.3 Å². The topological polar surface area (TPSA) is 46.8 Å². The van der Waals surface area contributed by atoms with Crippen LogP contribution in [0.3, 0.4) is 0 Å². The monoisotopic (exact) mass is 341 g/mol. The lowest BCUT2D eigenvalue weighted by atomic mass is 10.1. The molecule has 0 aliphatic carbocycles. The van der Waals surface area contributed by atoms with Crippen LogP contribution in [0.1, 0.15) is 22.5 Å². The third-order valence-electron chi connectivity index (χ3n) is 4.19. The lowest BCUT2D eigenvalue weighted by Gasteiger charge is -2.19. The average molecular weight is 342 g/mol. The van der Waals surface area contributed by atoms with Crippen molar-refractivity contribution in [2.75, 3.05) is 11.9 Å². The molecular formula is C18H20ClN5. The van der Waals surface area contributed by atoms with Gasteiger partial charge >= 0.3 is 0 Å². The molecule has 2 aromatic heterocycles. The van der Waals surface area contributed by atoms with Crippen LogP contribution in [0, 0.1) is 20.8 Å². The van der Waals surface area contributed by atoms with Crippen LogP contribution in [-0.2, 0) is 6.54 Å². The summed E-state index contributed by atoms with van der Waals surface area (Å²) in [7, 11) is 1.97. The zero-order valence-electron chi connectivity index (χ0n) is 14.3. The Morgan fingerprint density at radius 3 is 2.62 bits per heavy atom. The third kappa shape index (κ3) is 2.99. The highest BCUT2D eigenvalue weighted by atomic mass is 35.5. The van der Waals surface area contributed by atoms with Crippen molar-refractivity contribution in [3.05, 3.63) is 64.3 Å². The number of rotatable bonds is 4. The molecule has 0 N–H and O–H groups in total. The molecule has 0 unspecified atom stereocenters. The highest BCUT2D eigenvalue weighted by Gasteiger charge is 2.17. The largest absolute Gasteiger partial charge is 0.354 e. The van der Waals surface area contributed by atoms with Gasteiger partial charge in [-0.2, -0.15) is 5.10 Å². The average Bonchev–Trinajstić information content (AvgIpc) is 2.83. The molecule has 0 saturated carbocycles. The van der Waals surface area contributed by atoms with E-state index >= 15 is 0 Å². The second-order valence-electron chi connectivity index (χ2n) is 5.90. The molecule has 5 nitrogen and oxygen atoms in total. The van der Waals surface area contributed by atoms with Crippen molar-refractivity contribution >= 4 is 17.4 Å². The minimum atomic E-state index is 0.543. The molecule has 0 atom stereocenters. The quantitative estimate of drug-likeness (QED) is 0.722. The Kier molecular flexibility index (Phi) is 4.53. The highest BCUT2D eigenvalue weighted by molar-refractivity contribution is 6.32. The van der Waals surface area contributed by atoms with Gasteiger partial charge in [-0.3, -0.25) is 0 Å². The van der Waals surface area contributed by atoms with E-state index in [2.05, 4.69) is 35.9 Å². The van der Waals surface area contributed by atoms with E-state index in [4.69, 9.17) is 16.7 Å². The molecule has 2 heterocycles. The molecule has 0 saturated heterocycles. The summed E-state index contributed by atoms with van der Waals surface area (Å²) >= 11 is 6.20. The van der Waals surface area contributed by atoms with Gasteiger partial charge in [-0.05, 0) is 32.4 Å². The van der Waals surface area contributed by atoms with Crippen molar-refractivity contribution in [3.63, 3.8) is 0 Å². The summed E-state index contributed by atoms with van der Waals surface area (Å²) in [6.45, 7) is 6.91. The third-order valence-corrected chi connectivity index (χ3v) is 4.46. The Bertz CT molecular complexity index is 872. The Labute approximate surface area is 146 Å². The molecule has 1 aromatic carbocycles. The van der Waals surface area contributed by atoms with Crippen molar-refractivity contribution in [1.82, 2.24) is 19.7 Å². The summed E-state index contributed by atoms with van der Waals surface area (Å²) in [5.74, 6) is 0.717. The zero-order chi connectivity index (χ0) is 17.3. The number of benzene rings is 1. The van der Waals surface area contributed by atoms with E-state index in [1.165, 1.54) is 17.5 Å². The molecule has 0 radical (unpaired) electrons. The Morgan fingerprint density at radius 1 is 1.17 bits per heavy atom. The molecule has 3 rings (SSSR count). The van der Waals surface area contributed by atoms with Gasteiger partial charge in [0, 0.05) is 24.8 Å². The van der Waals surface area contributed by atoms with E-state index in [0.29, 0.717) is 17.4 Å². The van der Waals surface area contributed by atoms with E-state index < -0.39 is 0 Å². The standard InChI is InChI=1S/C18H20ClN5/c1-12-7-5-6-8-17(12)24-14(3)15(13(2)22-24)10-23(4)18-16(19)9-20-11-21-18/h5-9,11H,10H2,1-4H3. The maximum Gasteiger partial charge on any atom is 0.150 e. The first-order valence-electron chi connectivity index (χ1n) is 7.76. The van der Waals surface area contributed by atoms with Crippen molar-refractivity contribution in [2.45, 2.75) is 27.3 Å². The van der Waals surface area contributed by atoms with E-state index in [0.717, 1.165) is 17.1 Å². The fourth-order valence-corrected chi connectivity index (χ4v) is 3.09. The van der Waals surface area contributed by atoms with Gasteiger partial charge in [-0.1, -0.05) is 29.8 Å². The number of hydrogen-bond donors (Lipinski definition) is 0. The lowest BCUT2D eigenvalue weighted by Crippen LogP contribution is -2.19. The molecule has 3 aromatic rings. The molecule has 0 fully saturated rings. The Hall–Kier alpha value is -2.40. The number of anilines is 1. The van der Waals surface area contributed by atoms with Crippen molar-refractivity contribution in [1.29, 1.82) is 0 Å². The Balaban J connectivity index is 1.96. The number of nitrogens with zero attached hydrogens (tertiary/aromatic N) is 5. The van der Waals surface area contributed by atoms with Gasteiger partial charge in [0.2, 0.25) is 0 Å². The van der Waals surface area contributed by atoms with Crippen molar-refractivity contribution < 1.29 is 0 Å². The molecule has 24 heavy (non-hydrogen) atoms. The summed E-state index contributed by atoms with van der Waals surface area (Å²) in [6.07, 6.45) is 3.12. The molecule has 0 spiro atoms. The van der Waals surface area contributed by atoms with E-state index in [-0.39, 0.29) is 0 Å². The van der Waals surface area contributed by atoms with E-state index in [9.17, 15) is 0 Å². The SMILES string of the molecule is Cc1ccccc1-n1nc(C)c(CN(C)c2ncncc2Cl)c1C. The van der Waals surface area contributed by atoms with Crippen molar-refractivity contribution in [2.24, 2.45) is 0 Å². The predicted molar refractivity (Wildman–Crippen MR) is 96.9 cm³/mol. The number of hydrogen-bond acceptors (Lipinski definition) is 4. The molecule has 6 heteroatoms. The number of para-hydroxylation sites is 1. The predicted octanol–water partition coefficient (Wildman–Crippen LogP) is 3.88. The minimum absolute atomic E-state index is 0.543. The van der Waals surface area contributed by atoms with Crippen LogP contribution < -0.4 is 4.90 Å². The first-order chi connectivity index (χ1) is 11.5. The van der Waals surface area contributed by atoms with Crippen LogP contribution in [0.25, 0.3) is 5.69 Å². The first-order valence-corrected chi connectivity index (χ1v) is 8.14. The minimum Gasteiger partial charge on any atom is -0.354 e. The van der Waals surface area contributed by atoms with E-state index in [1.807, 2.05) is 35.7 Å². The van der Waals surface area contributed by atoms with Crippen LogP contribution in [0.15, 0.2) is 36.8 Å². The molecule has 0 bridgehead atoms. The first kappa shape index (κ1) is 16.5. The van der Waals surface area contributed by atoms with Gasteiger partial charge in [0.15, 0.2) is 5.82 Å². The maximum atomic E-state index is 6.20. The molecular weight excluding hydrogens is 322 g/mol. The number of halogens is 1. The second-order valence-corrected chi connectivity index (χ2v) is 6.31. The normalized spacial score (nSPS) is 10.9. The summed E-state index contributed by atoms with van der Waals surface area (Å²) in [5.41, 5.74) is 5.61. The van der Waals surface area contributed by atoms with Crippen LogP contribution in [-0.4, -0.2) is 26.8 Å². The van der Waals surface area contributed by atoms with Crippen molar-refractivity contribution in [3.8, 4) is 5.69 Å². The second kappa shape index (κ2) is 6.61. The van der Waals surface area contributed by atoms with E-state index in [1.54, 1.807) is 6.20 Å². The summed E-state index contributed by atoms with van der Waals surface area (Å²) < 4.78 is 2.01. The number of aryl methyl sites for hydroxylation is 2. The van der Waals surface area contributed by atoms with Gasteiger partial charge in [0.25, 0.3) is 0 Å². The van der Waals surface area contributed by atoms with Gasteiger partial charge in [-0.25, -0.2) is 14.6 Å². The molecule has 0 aliphatic heterocycles. The van der Waals surface area contributed by atoms with Crippen LogP contribution >= 0.6 is 11.6 Å². The van der Waals surface area contributed by atoms with Crippen LogP contribution in [0.4, 0.5) is 5.82 Å². The molecule has 124 valence electrons. The molecule has 0 aliphatic rings. The zero-order valence-corrected chi connectivity index (χ0v) is 15.0. The lowest BCUT2D eigenvalue weighted by molar-refractivity contribution is 0.824. The van der Waals surface area contributed by atoms with Gasteiger partial charge in [-0.15, -0.1) is 0 Å². The fourth-order valence-electron chi connectivity index (χ4n) is 2.84. The summed E-state index contributed by atoms with van der Waals surface area (Å²) in [5, 5.41) is 5.28. The summed E-state index contributed by atoms with van der Waals surface area (Å²) in [6, 6.07) is 8.25. The van der Waals surface area contributed by atoms with Crippen LogP contribution in [0.2, 0.25) is 5.02 Å².